The van der Waals surface area contributed by atoms with E-state index in [4.69, 9.17) is 4.74 Å². The zero-order chi connectivity index (χ0) is 19.7. The number of fused-ring (bicyclic) bond motifs is 1. The SMILES string of the molecule is Cc1nn(C)cc1CNC(=O)n1c(=O)n(CC2CCOCC2)c2ccccc21. The van der Waals surface area contributed by atoms with Crippen molar-refractivity contribution in [2.75, 3.05) is 13.2 Å². The first-order chi connectivity index (χ1) is 13.5. The molecule has 1 aliphatic heterocycles. The van der Waals surface area contributed by atoms with Crippen LogP contribution in [0.5, 0.6) is 0 Å². The number of hydrogen-bond donors (Lipinski definition) is 1. The molecule has 8 nitrogen and oxygen atoms in total. The molecule has 2 aromatic heterocycles. The van der Waals surface area contributed by atoms with Crippen molar-refractivity contribution in [1.29, 1.82) is 0 Å². The Bertz CT molecular complexity index is 1060. The first-order valence-corrected chi connectivity index (χ1v) is 9.60. The summed E-state index contributed by atoms with van der Waals surface area (Å²) < 4.78 is 10.1. The second-order valence-electron chi connectivity index (χ2n) is 7.35. The van der Waals surface area contributed by atoms with Crippen LogP contribution in [0.4, 0.5) is 4.79 Å². The molecule has 148 valence electrons. The summed E-state index contributed by atoms with van der Waals surface area (Å²) in [5.74, 6) is 0.381. The van der Waals surface area contributed by atoms with Crippen LogP contribution in [0.2, 0.25) is 0 Å². The van der Waals surface area contributed by atoms with Crippen molar-refractivity contribution in [1.82, 2.24) is 24.2 Å². The molecule has 4 rings (SSSR count). The summed E-state index contributed by atoms with van der Waals surface area (Å²) in [6, 6.07) is 7.02. The van der Waals surface area contributed by atoms with Crippen molar-refractivity contribution in [3.63, 3.8) is 0 Å². The van der Waals surface area contributed by atoms with E-state index in [0.29, 0.717) is 24.5 Å². The summed E-state index contributed by atoms with van der Waals surface area (Å²) in [4.78, 5) is 26.0. The van der Waals surface area contributed by atoms with Gasteiger partial charge in [0.1, 0.15) is 0 Å². The Labute approximate surface area is 162 Å². The lowest BCUT2D eigenvalue weighted by atomic mass is 10.0. The Balaban J connectivity index is 1.62. The van der Waals surface area contributed by atoms with Gasteiger partial charge in [-0.1, -0.05) is 12.1 Å². The zero-order valence-corrected chi connectivity index (χ0v) is 16.2. The first-order valence-electron chi connectivity index (χ1n) is 9.60. The van der Waals surface area contributed by atoms with Crippen LogP contribution in [0.3, 0.4) is 0 Å². The van der Waals surface area contributed by atoms with E-state index in [-0.39, 0.29) is 5.69 Å². The molecule has 1 aliphatic rings. The van der Waals surface area contributed by atoms with E-state index in [9.17, 15) is 9.59 Å². The van der Waals surface area contributed by atoms with Gasteiger partial charge in [-0.25, -0.2) is 14.2 Å². The van der Waals surface area contributed by atoms with E-state index < -0.39 is 6.03 Å². The monoisotopic (exact) mass is 383 g/mol. The summed E-state index contributed by atoms with van der Waals surface area (Å²) in [6.45, 7) is 4.27. The highest BCUT2D eigenvalue weighted by Gasteiger charge is 2.22. The second kappa shape index (κ2) is 7.63. The highest BCUT2D eigenvalue weighted by Crippen LogP contribution is 2.20. The van der Waals surface area contributed by atoms with Crippen LogP contribution in [0.25, 0.3) is 11.0 Å². The number of imidazole rings is 1. The molecule has 1 saturated heterocycles. The molecule has 1 aromatic carbocycles. The van der Waals surface area contributed by atoms with E-state index >= 15 is 0 Å². The molecule has 0 spiro atoms. The molecule has 3 aromatic rings. The molecule has 0 radical (unpaired) electrons. The second-order valence-corrected chi connectivity index (χ2v) is 7.35. The van der Waals surface area contributed by atoms with Crippen molar-refractivity contribution in [2.45, 2.75) is 32.9 Å². The van der Waals surface area contributed by atoms with E-state index in [1.54, 1.807) is 9.25 Å². The van der Waals surface area contributed by atoms with Crippen LogP contribution in [-0.4, -0.2) is 38.2 Å². The quantitative estimate of drug-likeness (QED) is 0.747. The number of aryl methyl sites for hydroxylation is 2. The number of nitrogens with zero attached hydrogens (tertiary/aromatic N) is 4. The molecular formula is C20H25N5O3. The average Bonchev–Trinajstić information content (AvgIpc) is 3.16. The summed E-state index contributed by atoms with van der Waals surface area (Å²) in [5, 5.41) is 7.14. The lowest BCUT2D eigenvalue weighted by Crippen LogP contribution is -2.37. The third-order valence-electron chi connectivity index (χ3n) is 5.37. The van der Waals surface area contributed by atoms with Gasteiger partial charge in [-0.15, -0.1) is 0 Å². The molecule has 0 aliphatic carbocycles. The highest BCUT2D eigenvalue weighted by atomic mass is 16.5. The molecule has 0 unspecified atom stereocenters. The van der Waals surface area contributed by atoms with Gasteiger partial charge < -0.3 is 10.1 Å². The number of aromatic nitrogens is 4. The summed E-state index contributed by atoms with van der Waals surface area (Å²) in [6.07, 6.45) is 3.73. The number of para-hydroxylation sites is 2. The Morgan fingerprint density at radius 3 is 2.64 bits per heavy atom. The Hall–Kier alpha value is -2.87. The van der Waals surface area contributed by atoms with E-state index in [2.05, 4.69) is 10.4 Å². The third kappa shape index (κ3) is 3.47. The topological polar surface area (TPSA) is 83.1 Å². The lowest BCUT2D eigenvalue weighted by molar-refractivity contribution is 0.0613. The molecule has 28 heavy (non-hydrogen) atoms. The van der Waals surface area contributed by atoms with Gasteiger partial charge >= 0.3 is 11.7 Å². The molecule has 0 saturated carbocycles. The van der Waals surface area contributed by atoms with Gasteiger partial charge in [0.15, 0.2) is 0 Å². The smallest absolute Gasteiger partial charge is 0.337 e. The molecule has 8 heteroatoms. The molecular weight excluding hydrogens is 358 g/mol. The summed E-state index contributed by atoms with van der Waals surface area (Å²) >= 11 is 0. The molecule has 3 heterocycles. The van der Waals surface area contributed by atoms with Crippen molar-refractivity contribution in [2.24, 2.45) is 13.0 Å². The van der Waals surface area contributed by atoms with E-state index in [1.165, 1.54) is 4.57 Å². The van der Waals surface area contributed by atoms with Crippen LogP contribution >= 0.6 is 0 Å². The Kier molecular flexibility index (Phi) is 5.04. The lowest BCUT2D eigenvalue weighted by Gasteiger charge is -2.22. The summed E-state index contributed by atoms with van der Waals surface area (Å²) in [5.41, 5.74) is 2.90. The fourth-order valence-corrected chi connectivity index (χ4v) is 3.84. The van der Waals surface area contributed by atoms with Gasteiger partial charge in [0.25, 0.3) is 0 Å². The Morgan fingerprint density at radius 2 is 1.96 bits per heavy atom. The first kappa shape index (κ1) is 18.5. The van der Waals surface area contributed by atoms with Gasteiger partial charge in [0, 0.05) is 45.1 Å². The number of carbonyl (C=O) groups is 1. The van der Waals surface area contributed by atoms with Gasteiger partial charge in [-0.05, 0) is 37.8 Å². The number of rotatable bonds is 4. The number of ether oxygens (including phenoxy) is 1. The fraction of sp³-hybridized carbons (Fsp3) is 0.450. The van der Waals surface area contributed by atoms with Crippen LogP contribution in [0.1, 0.15) is 24.1 Å². The summed E-state index contributed by atoms with van der Waals surface area (Å²) in [7, 11) is 1.84. The minimum absolute atomic E-state index is 0.298. The number of benzene rings is 1. The number of hydrogen-bond acceptors (Lipinski definition) is 4. The van der Waals surface area contributed by atoms with Gasteiger partial charge in [0.05, 0.1) is 16.7 Å². The predicted molar refractivity (Wildman–Crippen MR) is 105 cm³/mol. The fourth-order valence-electron chi connectivity index (χ4n) is 3.84. The van der Waals surface area contributed by atoms with Gasteiger partial charge in [-0.2, -0.15) is 5.10 Å². The molecule has 0 atom stereocenters. The van der Waals surface area contributed by atoms with Crippen LogP contribution in [0, 0.1) is 12.8 Å². The minimum atomic E-state index is -0.421. The van der Waals surface area contributed by atoms with Crippen LogP contribution < -0.4 is 11.0 Å². The highest BCUT2D eigenvalue weighted by molar-refractivity contribution is 5.89. The maximum atomic E-state index is 13.1. The van der Waals surface area contributed by atoms with E-state index in [0.717, 1.165) is 42.8 Å². The molecule has 1 fully saturated rings. The Morgan fingerprint density at radius 1 is 1.25 bits per heavy atom. The third-order valence-corrected chi connectivity index (χ3v) is 5.37. The molecule has 0 bridgehead atoms. The average molecular weight is 383 g/mol. The number of nitrogens with one attached hydrogen (secondary N) is 1. The van der Waals surface area contributed by atoms with Crippen molar-refractivity contribution < 1.29 is 9.53 Å². The maximum Gasteiger partial charge on any atom is 0.337 e. The van der Waals surface area contributed by atoms with Crippen molar-refractivity contribution in [3.05, 3.63) is 52.2 Å². The number of carbonyl (C=O) groups excluding carboxylic acids is 1. The predicted octanol–water partition coefficient (Wildman–Crippen LogP) is 2.03. The van der Waals surface area contributed by atoms with Gasteiger partial charge in [0.2, 0.25) is 0 Å². The normalized spacial score (nSPS) is 15.2. The minimum Gasteiger partial charge on any atom is -0.381 e. The standard InChI is InChI=1S/C20H25N5O3/c1-14-16(13-23(2)22-14)11-21-19(26)25-18-6-4-3-5-17(18)24(20(25)27)12-15-7-9-28-10-8-15/h3-6,13,15H,7-12H2,1-2H3,(H,21,26). The zero-order valence-electron chi connectivity index (χ0n) is 16.2. The van der Waals surface area contributed by atoms with Gasteiger partial charge in [-0.3, -0.25) is 9.25 Å². The van der Waals surface area contributed by atoms with Crippen molar-refractivity contribution >= 4 is 17.1 Å². The van der Waals surface area contributed by atoms with Crippen molar-refractivity contribution in [3.8, 4) is 0 Å². The molecule has 1 amide bonds. The van der Waals surface area contributed by atoms with E-state index in [1.807, 2.05) is 44.4 Å². The van der Waals surface area contributed by atoms with Crippen LogP contribution in [-0.2, 0) is 24.9 Å². The molecule has 1 N–H and O–H groups in total. The maximum absolute atomic E-state index is 13.1. The largest absolute Gasteiger partial charge is 0.381 e. The number of amides is 1. The van der Waals surface area contributed by atoms with Crippen LogP contribution in [0.15, 0.2) is 35.3 Å².